The summed E-state index contributed by atoms with van der Waals surface area (Å²) in [5.41, 5.74) is 1.95. The molecule has 0 bridgehead atoms. The Kier molecular flexibility index (Phi) is 4.60. The van der Waals surface area contributed by atoms with E-state index in [4.69, 9.17) is 0 Å². The minimum Gasteiger partial charge on any atom is -0.341 e. The van der Waals surface area contributed by atoms with E-state index in [1.807, 2.05) is 31.2 Å². The molecule has 8 heteroatoms. The molecule has 110 valence electrons. The molecule has 0 unspecified atom stereocenters. The van der Waals surface area contributed by atoms with Gasteiger partial charge in [-0.15, -0.1) is 10.2 Å². The minimum atomic E-state index is -0.535. The fourth-order valence-corrected chi connectivity index (χ4v) is 1.72. The third-order valence-electron chi connectivity index (χ3n) is 2.86. The fourth-order valence-electron chi connectivity index (χ4n) is 1.72. The van der Waals surface area contributed by atoms with E-state index < -0.39 is 11.9 Å². The average Bonchev–Trinajstić information content (AvgIpc) is 2.94. The van der Waals surface area contributed by atoms with Gasteiger partial charge in [0.25, 0.3) is 0 Å². The molecule has 2 N–H and O–H groups in total. The minimum absolute atomic E-state index is 0.0942. The van der Waals surface area contributed by atoms with Crippen LogP contribution in [0.5, 0.6) is 0 Å². The predicted octanol–water partition coefficient (Wildman–Crippen LogP) is 0.494. The number of nitrogens with one attached hydrogen (secondary N) is 2. The van der Waals surface area contributed by atoms with Crippen LogP contribution in [0.25, 0.3) is 11.4 Å². The van der Waals surface area contributed by atoms with Crippen LogP contribution < -0.4 is 10.6 Å². The van der Waals surface area contributed by atoms with Crippen molar-refractivity contribution in [3.8, 4) is 11.4 Å². The van der Waals surface area contributed by atoms with Crippen LogP contribution in [0.3, 0.4) is 0 Å². The average molecular weight is 288 g/mol. The van der Waals surface area contributed by atoms with Crippen LogP contribution in [0.2, 0.25) is 0 Å². The highest BCUT2D eigenvalue weighted by molar-refractivity contribution is 5.94. The first-order chi connectivity index (χ1) is 10.1. The molecule has 0 aliphatic carbocycles. The zero-order valence-corrected chi connectivity index (χ0v) is 11.8. The maximum Gasteiger partial charge on any atom is 0.321 e. The van der Waals surface area contributed by atoms with E-state index in [0.29, 0.717) is 5.82 Å². The van der Waals surface area contributed by atoms with Crippen molar-refractivity contribution in [3.05, 3.63) is 29.8 Å². The molecule has 0 radical (unpaired) electrons. The summed E-state index contributed by atoms with van der Waals surface area (Å²) in [7, 11) is 1.44. The van der Waals surface area contributed by atoms with Gasteiger partial charge in [0.2, 0.25) is 11.7 Å². The molecule has 0 saturated heterocycles. The standard InChI is InChI=1S/C13H16N6O2/c1-9-5-3-4-6-10(9)12-16-18-19(17-12)8-7-11(20)15-13(21)14-2/h3-6H,7-8H2,1-2H3,(H2,14,15,20,21). The zero-order valence-electron chi connectivity index (χ0n) is 11.8. The number of hydrogen-bond donors (Lipinski definition) is 2. The summed E-state index contributed by atoms with van der Waals surface area (Å²) in [6.07, 6.45) is 0.0942. The van der Waals surface area contributed by atoms with Crippen molar-refractivity contribution in [1.82, 2.24) is 30.8 Å². The summed E-state index contributed by atoms with van der Waals surface area (Å²) < 4.78 is 0. The smallest absolute Gasteiger partial charge is 0.321 e. The summed E-state index contributed by atoms with van der Waals surface area (Å²) in [6.45, 7) is 2.22. The van der Waals surface area contributed by atoms with Crippen molar-refractivity contribution < 1.29 is 9.59 Å². The number of urea groups is 1. The quantitative estimate of drug-likeness (QED) is 0.852. The second-order valence-electron chi connectivity index (χ2n) is 4.40. The van der Waals surface area contributed by atoms with E-state index in [1.165, 1.54) is 11.8 Å². The Morgan fingerprint density at radius 2 is 2.05 bits per heavy atom. The molecule has 0 spiro atoms. The molecule has 0 saturated carbocycles. The first kappa shape index (κ1) is 14.6. The van der Waals surface area contributed by atoms with Gasteiger partial charge >= 0.3 is 6.03 Å². The third-order valence-corrected chi connectivity index (χ3v) is 2.86. The van der Waals surface area contributed by atoms with E-state index in [0.717, 1.165) is 11.1 Å². The van der Waals surface area contributed by atoms with Crippen molar-refractivity contribution in [2.75, 3.05) is 7.05 Å². The second-order valence-corrected chi connectivity index (χ2v) is 4.40. The number of imide groups is 1. The van der Waals surface area contributed by atoms with Crippen LogP contribution in [-0.4, -0.2) is 39.2 Å². The van der Waals surface area contributed by atoms with Crippen molar-refractivity contribution in [3.63, 3.8) is 0 Å². The van der Waals surface area contributed by atoms with Gasteiger partial charge in [-0.05, 0) is 17.7 Å². The zero-order chi connectivity index (χ0) is 15.2. The number of hydrogen-bond acceptors (Lipinski definition) is 5. The summed E-state index contributed by atoms with van der Waals surface area (Å²) in [5.74, 6) is 0.115. The molecule has 1 aromatic carbocycles. The maximum absolute atomic E-state index is 11.5. The van der Waals surface area contributed by atoms with E-state index >= 15 is 0 Å². The lowest BCUT2D eigenvalue weighted by molar-refractivity contribution is -0.120. The fraction of sp³-hybridized carbons (Fsp3) is 0.308. The molecule has 2 aromatic rings. The SMILES string of the molecule is CNC(=O)NC(=O)CCn1nnc(-c2ccccc2C)n1. The number of carbonyl (C=O) groups is 2. The van der Waals surface area contributed by atoms with E-state index in [9.17, 15) is 9.59 Å². The van der Waals surface area contributed by atoms with Crippen molar-refractivity contribution in [2.24, 2.45) is 0 Å². The van der Waals surface area contributed by atoms with Gasteiger partial charge in [0, 0.05) is 19.0 Å². The van der Waals surface area contributed by atoms with Gasteiger partial charge in [-0.1, -0.05) is 24.3 Å². The Balaban J connectivity index is 1.97. The summed E-state index contributed by atoms with van der Waals surface area (Å²) >= 11 is 0. The van der Waals surface area contributed by atoms with Crippen molar-refractivity contribution in [1.29, 1.82) is 0 Å². The van der Waals surface area contributed by atoms with E-state index in [1.54, 1.807) is 0 Å². The molecule has 0 atom stereocenters. The topological polar surface area (TPSA) is 102 Å². The molecule has 0 aliphatic heterocycles. The molecular weight excluding hydrogens is 272 g/mol. The number of aryl methyl sites for hydroxylation is 2. The molecule has 3 amide bonds. The number of amides is 3. The number of nitrogens with zero attached hydrogens (tertiary/aromatic N) is 4. The first-order valence-corrected chi connectivity index (χ1v) is 6.45. The van der Waals surface area contributed by atoms with Crippen LogP contribution in [0.1, 0.15) is 12.0 Å². The van der Waals surface area contributed by atoms with E-state index in [2.05, 4.69) is 26.0 Å². The van der Waals surface area contributed by atoms with E-state index in [-0.39, 0.29) is 13.0 Å². The number of rotatable bonds is 4. The maximum atomic E-state index is 11.5. The molecule has 1 aromatic heterocycles. The Morgan fingerprint density at radius 1 is 1.29 bits per heavy atom. The summed E-state index contributed by atoms with van der Waals surface area (Å²) in [6, 6.07) is 7.18. The van der Waals surface area contributed by atoms with Crippen LogP contribution in [0, 0.1) is 6.92 Å². The largest absolute Gasteiger partial charge is 0.341 e. The second kappa shape index (κ2) is 6.60. The lowest BCUT2D eigenvalue weighted by Gasteiger charge is -2.02. The lowest BCUT2D eigenvalue weighted by Crippen LogP contribution is -2.37. The molecule has 2 rings (SSSR count). The Hall–Kier alpha value is -2.77. The van der Waals surface area contributed by atoms with Gasteiger partial charge in [-0.2, -0.15) is 4.80 Å². The molecule has 0 fully saturated rings. The monoisotopic (exact) mass is 288 g/mol. The number of aromatic nitrogens is 4. The highest BCUT2D eigenvalue weighted by atomic mass is 16.2. The van der Waals surface area contributed by atoms with Crippen molar-refractivity contribution in [2.45, 2.75) is 19.9 Å². The molecule has 8 nitrogen and oxygen atoms in total. The lowest BCUT2D eigenvalue weighted by atomic mass is 10.1. The van der Waals surface area contributed by atoms with Gasteiger partial charge in [0.1, 0.15) is 0 Å². The molecule has 0 aliphatic rings. The predicted molar refractivity (Wildman–Crippen MR) is 75.2 cm³/mol. The molecular formula is C13H16N6O2. The Labute approximate surface area is 121 Å². The normalized spacial score (nSPS) is 10.2. The van der Waals surface area contributed by atoms with Gasteiger partial charge in [0.15, 0.2) is 0 Å². The summed E-state index contributed by atoms with van der Waals surface area (Å²) in [5, 5.41) is 16.6. The highest BCUT2D eigenvalue weighted by Crippen LogP contribution is 2.17. The number of benzene rings is 1. The first-order valence-electron chi connectivity index (χ1n) is 6.45. The van der Waals surface area contributed by atoms with Gasteiger partial charge in [-0.3, -0.25) is 10.1 Å². The Bertz CT molecular complexity index is 652. The Morgan fingerprint density at radius 3 is 2.76 bits per heavy atom. The van der Waals surface area contributed by atoms with Gasteiger partial charge in [-0.25, -0.2) is 4.79 Å². The number of tetrazole rings is 1. The molecule has 1 heterocycles. The van der Waals surface area contributed by atoms with Crippen LogP contribution in [0.4, 0.5) is 4.79 Å². The van der Waals surface area contributed by atoms with Crippen LogP contribution >= 0.6 is 0 Å². The third kappa shape index (κ3) is 3.85. The highest BCUT2D eigenvalue weighted by Gasteiger charge is 2.10. The van der Waals surface area contributed by atoms with Gasteiger partial charge < -0.3 is 5.32 Å². The summed E-state index contributed by atoms with van der Waals surface area (Å²) in [4.78, 5) is 23.8. The van der Waals surface area contributed by atoms with Gasteiger partial charge in [0.05, 0.1) is 6.54 Å². The van der Waals surface area contributed by atoms with Crippen LogP contribution in [-0.2, 0) is 11.3 Å². The number of carbonyl (C=O) groups excluding carboxylic acids is 2. The van der Waals surface area contributed by atoms with Crippen molar-refractivity contribution >= 4 is 11.9 Å². The molecule has 21 heavy (non-hydrogen) atoms. The van der Waals surface area contributed by atoms with Crippen LogP contribution in [0.15, 0.2) is 24.3 Å².